The Balaban J connectivity index is 3.23. The molecule has 0 atom stereocenters. The number of carbonyl (C=O) groups is 1. The highest BCUT2D eigenvalue weighted by molar-refractivity contribution is 5.99. The molecule has 0 saturated carbocycles. The summed E-state index contributed by atoms with van der Waals surface area (Å²) >= 11 is 0. The average Bonchev–Trinajstić information content (AvgIpc) is 2.03. The highest BCUT2D eigenvalue weighted by Crippen LogP contribution is 2.13. The smallest absolute Gasteiger partial charge is 0.161 e. The quantitative estimate of drug-likeness (QED) is 0.498. The number of Topliss-reactive ketones (excluding diaryl/α,β-unsaturated/α-hetero) is 1. The van der Waals surface area contributed by atoms with Crippen LogP contribution in [0.1, 0.15) is 22.8 Å². The Labute approximate surface area is 70.4 Å². The van der Waals surface area contributed by atoms with Gasteiger partial charge in [0.1, 0.15) is 0 Å². The first-order valence-electron chi connectivity index (χ1n) is 3.45. The Morgan fingerprint density at radius 1 is 1.58 bits per heavy atom. The van der Waals surface area contributed by atoms with Gasteiger partial charge in [0.15, 0.2) is 5.78 Å². The van der Waals surface area contributed by atoms with Crippen molar-refractivity contribution < 1.29 is 4.79 Å². The summed E-state index contributed by atoms with van der Waals surface area (Å²) in [6, 6.07) is 6.58. The maximum Gasteiger partial charge on any atom is 0.161 e. The zero-order valence-electron chi connectivity index (χ0n) is 6.66. The van der Waals surface area contributed by atoms with Crippen LogP contribution in [-0.2, 0) is 0 Å². The van der Waals surface area contributed by atoms with Gasteiger partial charge < -0.3 is 5.73 Å². The van der Waals surface area contributed by atoms with E-state index in [1.54, 1.807) is 12.1 Å². The molecule has 0 aromatic heterocycles. The van der Waals surface area contributed by atoms with Crippen molar-refractivity contribution in [2.75, 3.05) is 5.73 Å². The van der Waals surface area contributed by atoms with Gasteiger partial charge in [-0.05, 0) is 25.1 Å². The zero-order chi connectivity index (χ0) is 9.14. The van der Waals surface area contributed by atoms with Crippen LogP contribution in [0.15, 0.2) is 18.2 Å². The fourth-order valence-electron chi connectivity index (χ4n) is 0.953. The number of benzene rings is 1. The molecule has 0 fully saturated rings. The summed E-state index contributed by atoms with van der Waals surface area (Å²) in [6.07, 6.45) is 0. The molecule has 0 heterocycles. The second-order valence-corrected chi connectivity index (χ2v) is 2.47. The predicted molar refractivity (Wildman–Crippen MR) is 45.6 cm³/mol. The van der Waals surface area contributed by atoms with Gasteiger partial charge in [-0.25, -0.2) is 0 Å². The third kappa shape index (κ3) is 1.43. The molecular weight excluding hydrogens is 152 g/mol. The van der Waals surface area contributed by atoms with Gasteiger partial charge >= 0.3 is 0 Å². The molecule has 60 valence electrons. The minimum Gasteiger partial charge on any atom is -0.398 e. The lowest BCUT2D eigenvalue weighted by Gasteiger charge is -2.00. The zero-order valence-corrected chi connectivity index (χ0v) is 6.66. The molecule has 3 nitrogen and oxygen atoms in total. The molecule has 2 N–H and O–H groups in total. The van der Waals surface area contributed by atoms with E-state index in [0.29, 0.717) is 16.8 Å². The highest BCUT2D eigenvalue weighted by Gasteiger charge is 2.04. The second kappa shape index (κ2) is 3.05. The molecule has 1 aromatic carbocycles. The molecule has 3 heteroatoms. The first-order valence-corrected chi connectivity index (χ1v) is 3.45. The number of rotatable bonds is 1. The average molecular weight is 160 g/mol. The van der Waals surface area contributed by atoms with Crippen molar-refractivity contribution in [3.63, 3.8) is 0 Å². The Morgan fingerprint density at radius 3 is 2.67 bits per heavy atom. The molecule has 0 amide bonds. The number of nitrogen functional groups attached to an aromatic ring is 1. The van der Waals surface area contributed by atoms with Crippen LogP contribution >= 0.6 is 0 Å². The van der Waals surface area contributed by atoms with E-state index < -0.39 is 0 Å². The maximum atomic E-state index is 10.9. The van der Waals surface area contributed by atoms with Gasteiger partial charge in [-0.2, -0.15) is 5.26 Å². The van der Waals surface area contributed by atoms with Crippen molar-refractivity contribution >= 4 is 11.5 Å². The van der Waals surface area contributed by atoms with E-state index in [1.165, 1.54) is 13.0 Å². The van der Waals surface area contributed by atoms with Crippen molar-refractivity contribution in [2.45, 2.75) is 6.92 Å². The van der Waals surface area contributed by atoms with E-state index in [1.807, 2.05) is 6.07 Å². The lowest BCUT2D eigenvalue weighted by molar-refractivity contribution is 0.101. The number of nitrogens with zero attached hydrogens (tertiary/aromatic N) is 1. The molecule has 1 rings (SSSR count). The maximum absolute atomic E-state index is 10.9. The van der Waals surface area contributed by atoms with Crippen LogP contribution in [0.4, 0.5) is 5.69 Å². The van der Waals surface area contributed by atoms with Gasteiger partial charge in [-0.1, -0.05) is 0 Å². The second-order valence-electron chi connectivity index (χ2n) is 2.47. The molecule has 0 radical (unpaired) electrons. The third-order valence-electron chi connectivity index (χ3n) is 1.56. The summed E-state index contributed by atoms with van der Waals surface area (Å²) in [5, 5.41) is 8.50. The van der Waals surface area contributed by atoms with E-state index in [-0.39, 0.29) is 5.78 Å². The van der Waals surface area contributed by atoms with Crippen molar-refractivity contribution in [3.8, 4) is 6.07 Å². The Bertz CT molecular complexity index is 363. The summed E-state index contributed by atoms with van der Waals surface area (Å²) in [4.78, 5) is 10.9. The molecule has 0 spiro atoms. The topological polar surface area (TPSA) is 66.9 Å². The number of carbonyl (C=O) groups excluding carboxylic acids is 1. The molecule has 0 unspecified atom stereocenters. The Hall–Kier alpha value is -1.82. The van der Waals surface area contributed by atoms with Crippen LogP contribution < -0.4 is 5.73 Å². The van der Waals surface area contributed by atoms with Crippen LogP contribution in [0.3, 0.4) is 0 Å². The van der Waals surface area contributed by atoms with Crippen LogP contribution in [-0.4, -0.2) is 5.78 Å². The number of hydrogen-bond donors (Lipinski definition) is 1. The van der Waals surface area contributed by atoms with E-state index in [0.717, 1.165) is 0 Å². The lowest BCUT2D eigenvalue weighted by atomic mass is 10.1. The van der Waals surface area contributed by atoms with Crippen molar-refractivity contribution in [3.05, 3.63) is 29.3 Å². The molecular formula is C9H8N2O. The van der Waals surface area contributed by atoms with E-state index >= 15 is 0 Å². The largest absolute Gasteiger partial charge is 0.398 e. The Kier molecular flexibility index (Phi) is 2.11. The molecule has 0 aliphatic rings. The summed E-state index contributed by atoms with van der Waals surface area (Å²) < 4.78 is 0. The minimum absolute atomic E-state index is 0.0861. The number of ketones is 1. The summed E-state index contributed by atoms with van der Waals surface area (Å²) in [7, 11) is 0. The van der Waals surface area contributed by atoms with Crippen LogP contribution in [0.25, 0.3) is 0 Å². The van der Waals surface area contributed by atoms with Gasteiger partial charge in [-0.15, -0.1) is 0 Å². The molecule has 0 bridgehead atoms. The number of hydrogen-bond acceptors (Lipinski definition) is 3. The first kappa shape index (κ1) is 8.28. The molecule has 0 aliphatic carbocycles. The fourth-order valence-corrected chi connectivity index (χ4v) is 0.953. The highest BCUT2D eigenvalue weighted by atomic mass is 16.1. The predicted octanol–water partition coefficient (Wildman–Crippen LogP) is 1.34. The fraction of sp³-hybridized carbons (Fsp3) is 0.111. The van der Waals surface area contributed by atoms with E-state index in [4.69, 9.17) is 11.0 Å². The van der Waals surface area contributed by atoms with Crippen molar-refractivity contribution in [2.24, 2.45) is 0 Å². The summed E-state index contributed by atoms with van der Waals surface area (Å²) in [5.41, 5.74) is 6.83. The number of anilines is 1. The van der Waals surface area contributed by atoms with Crippen molar-refractivity contribution in [1.29, 1.82) is 5.26 Å². The van der Waals surface area contributed by atoms with E-state index in [2.05, 4.69) is 0 Å². The molecule has 1 aromatic rings. The van der Waals surface area contributed by atoms with Gasteiger partial charge in [0.25, 0.3) is 0 Å². The van der Waals surface area contributed by atoms with Crippen LogP contribution in [0, 0.1) is 11.3 Å². The summed E-state index contributed by atoms with van der Waals surface area (Å²) in [5.74, 6) is -0.0861. The molecule has 0 aliphatic heterocycles. The van der Waals surface area contributed by atoms with E-state index in [9.17, 15) is 4.79 Å². The monoisotopic (exact) mass is 160 g/mol. The standard InChI is InChI=1S/C9H8N2O/c1-6(12)8-3-2-7(5-10)4-9(8)11/h2-4H,11H2,1H3. The SMILES string of the molecule is CC(=O)c1ccc(C#N)cc1N. The Morgan fingerprint density at radius 2 is 2.25 bits per heavy atom. The third-order valence-corrected chi connectivity index (χ3v) is 1.56. The van der Waals surface area contributed by atoms with Crippen LogP contribution in [0.5, 0.6) is 0 Å². The molecule has 12 heavy (non-hydrogen) atoms. The van der Waals surface area contributed by atoms with Crippen LogP contribution in [0.2, 0.25) is 0 Å². The van der Waals surface area contributed by atoms with Crippen molar-refractivity contribution in [1.82, 2.24) is 0 Å². The van der Waals surface area contributed by atoms with Gasteiger partial charge in [0.2, 0.25) is 0 Å². The van der Waals surface area contributed by atoms with Gasteiger partial charge in [0.05, 0.1) is 11.6 Å². The normalized spacial score (nSPS) is 9.00. The molecule has 0 saturated heterocycles. The first-order chi connectivity index (χ1) is 5.65. The van der Waals surface area contributed by atoms with Gasteiger partial charge in [0, 0.05) is 11.3 Å². The lowest BCUT2D eigenvalue weighted by Crippen LogP contribution is -1.99. The summed E-state index contributed by atoms with van der Waals surface area (Å²) in [6.45, 7) is 1.44. The number of nitriles is 1. The number of nitrogens with two attached hydrogens (primary N) is 1. The van der Waals surface area contributed by atoms with Gasteiger partial charge in [-0.3, -0.25) is 4.79 Å². The minimum atomic E-state index is -0.0861.